The van der Waals surface area contributed by atoms with Gasteiger partial charge in [-0.2, -0.15) is 0 Å². The Morgan fingerprint density at radius 3 is 1.78 bits per heavy atom. The first-order chi connectivity index (χ1) is 17.6. The second-order valence-corrected chi connectivity index (χ2v) is 9.83. The maximum atomic E-state index is 12.0. The van der Waals surface area contributed by atoms with Crippen molar-refractivity contribution < 1.29 is 4.92 Å². The first-order valence-corrected chi connectivity index (χ1v) is 12.5. The number of benzene rings is 4. The molecule has 4 aromatic carbocycles. The van der Waals surface area contributed by atoms with Gasteiger partial charge in [-0.15, -0.1) is 0 Å². The highest BCUT2D eigenvalue weighted by Gasteiger charge is 2.48. The molecular weight excluding hydrogens is 512 g/mol. The average molecular weight is 533 g/mol. The van der Waals surface area contributed by atoms with E-state index in [1.807, 2.05) is 30.3 Å². The van der Waals surface area contributed by atoms with Gasteiger partial charge in [0, 0.05) is 22.0 Å². The highest BCUT2D eigenvalue weighted by molar-refractivity contribution is 9.11. The molecule has 0 aromatic heterocycles. The molecule has 174 valence electrons. The number of nitro groups is 1. The zero-order chi connectivity index (χ0) is 24.7. The van der Waals surface area contributed by atoms with Gasteiger partial charge in [0.2, 0.25) is 0 Å². The van der Waals surface area contributed by atoms with Crippen LogP contribution in [0.4, 0.5) is 11.4 Å². The van der Waals surface area contributed by atoms with E-state index in [-0.39, 0.29) is 16.5 Å². The van der Waals surface area contributed by atoms with E-state index in [2.05, 4.69) is 94.8 Å². The summed E-state index contributed by atoms with van der Waals surface area (Å²) < 4.78 is 0.875. The fourth-order valence-corrected chi connectivity index (χ4v) is 6.14. The number of aliphatic imine (C=N–C) groups is 1. The molecule has 0 spiro atoms. The van der Waals surface area contributed by atoms with Gasteiger partial charge < -0.3 is 0 Å². The van der Waals surface area contributed by atoms with Crippen molar-refractivity contribution in [1.82, 2.24) is 0 Å². The molecule has 1 heterocycles. The Labute approximate surface area is 217 Å². The number of rotatable bonds is 5. The predicted molar refractivity (Wildman–Crippen MR) is 148 cm³/mol. The number of halogens is 1. The lowest BCUT2D eigenvalue weighted by atomic mass is 9.59. The third kappa shape index (κ3) is 3.39. The van der Waals surface area contributed by atoms with Crippen molar-refractivity contribution in [3.63, 3.8) is 0 Å². The lowest BCUT2D eigenvalue weighted by Gasteiger charge is -2.43. The van der Waals surface area contributed by atoms with Gasteiger partial charge in [0.15, 0.2) is 0 Å². The van der Waals surface area contributed by atoms with Crippen LogP contribution in [0.5, 0.6) is 0 Å². The molecule has 0 saturated heterocycles. The molecule has 1 unspecified atom stereocenters. The summed E-state index contributed by atoms with van der Waals surface area (Å²) in [5.74, 6) is -0.230. The molecule has 0 saturated carbocycles. The van der Waals surface area contributed by atoms with Crippen LogP contribution in [0, 0.1) is 16.0 Å². The number of fused-ring (bicyclic) bond motifs is 3. The van der Waals surface area contributed by atoms with Crippen LogP contribution in [-0.2, 0) is 5.41 Å². The summed E-state index contributed by atoms with van der Waals surface area (Å²) in [4.78, 5) is 16.7. The fraction of sp³-hybridized carbons (Fsp3) is 0.0645. The van der Waals surface area contributed by atoms with Gasteiger partial charge in [-0.05, 0) is 28.8 Å². The van der Waals surface area contributed by atoms with Crippen LogP contribution in [-0.4, -0.2) is 10.6 Å². The lowest BCUT2D eigenvalue weighted by molar-refractivity contribution is -0.385. The highest BCUT2D eigenvalue weighted by atomic mass is 79.9. The van der Waals surface area contributed by atoms with Crippen LogP contribution in [0.25, 0.3) is 5.57 Å². The zero-order valence-electron chi connectivity index (χ0n) is 19.2. The second-order valence-electron chi connectivity index (χ2n) is 8.92. The molecule has 5 heteroatoms. The van der Waals surface area contributed by atoms with Crippen molar-refractivity contribution in [1.29, 1.82) is 0 Å². The molecule has 1 atom stereocenters. The van der Waals surface area contributed by atoms with E-state index in [0.29, 0.717) is 11.3 Å². The fourth-order valence-electron chi connectivity index (χ4n) is 5.65. The topological polar surface area (TPSA) is 55.5 Å². The van der Waals surface area contributed by atoms with Gasteiger partial charge in [0.05, 0.1) is 27.3 Å². The van der Waals surface area contributed by atoms with Crippen LogP contribution in [0.3, 0.4) is 0 Å². The number of allylic oxidation sites excluding steroid dienone is 4. The van der Waals surface area contributed by atoms with Gasteiger partial charge in [-0.1, -0.05) is 119 Å². The van der Waals surface area contributed by atoms with Crippen molar-refractivity contribution in [2.75, 3.05) is 0 Å². The van der Waals surface area contributed by atoms with Gasteiger partial charge in [0.1, 0.15) is 0 Å². The van der Waals surface area contributed by atoms with Crippen LogP contribution in [0.15, 0.2) is 131 Å². The molecule has 2 aliphatic rings. The van der Waals surface area contributed by atoms with Crippen LogP contribution >= 0.6 is 15.9 Å². The Hall–Kier alpha value is -4.09. The quantitative estimate of drug-likeness (QED) is 0.148. The molecule has 0 bridgehead atoms. The minimum absolute atomic E-state index is 0.0724. The summed E-state index contributed by atoms with van der Waals surface area (Å²) in [5, 5.41) is 12.0. The van der Waals surface area contributed by atoms with E-state index in [0.717, 1.165) is 32.5 Å². The van der Waals surface area contributed by atoms with Crippen molar-refractivity contribution in [3.8, 4) is 0 Å². The van der Waals surface area contributed by atoms with E-state index >= 15 is 0 Å². The largest absolute Gasteiger partial charge is 0.279 e. The summed E-state index contributed by atoms with van der Waals surface area (Å²) in [5.41, 5.74) is 5.66. The maximum absolute atomic E-state index is 12.0. The number of hydrogen-bond acceptors (Lipinski definition) is 3. The predicted octanol–water partition coefficient (Wildman–Crippen LogP) is 8.01. The number of nitrogens with zero attached hydrogens (tertiary/aromatic N) is 2. The number of hydrogen-bond donors (Lipinski definition) is 0. The molecule has 4 aromatic rings. The Morgan fingerprint density at radius 1 is 0.750 bits per heavy atom. The van der Waals surface area contributed by atoms with Gasteiger partial charge >= 0.3 is 0 Å². The maximum Gasteiger partial charge on any atom is 0.279 e. The van der Waals surface area contributed by atoms with E-state index in [9.17, 15) is 10.1 Å². The molecule has 0 fully saturated rings. The highest BCUT2D eigenvalue weighted by Crippen LogP contribution is 2.54. The van der Waals surface area contributed by atoms with Crippen LogP contribution < -0.4 is 0 Å². The van der Waals surface area contributed by atoms with Crippen LogP contribution in [0.1, 0.15) is 22.3 Å². The van der Waals surface area contributed by atoms with Crippen molar-refractivity contribution >= 4 is 38.6 Å². The first kappa shape index (κ1) is 22.4. The Bertz CT molecular complexity index is 1460. The third-order valence-electron chi connectivity index (χ3n) is 7.06. The van der Waals surface area contributed by atoms with Gasteiger partial charge in [-0.3, -0.25) is 15.1 Å². The van der Waals surface area contributed by atoms with E-state index in [4.69, 9.17) is 4.99 Å². The monoisotopic (exact) mass is 532 g/mol. The van der Waals surface area contributed by atoms with Gasteiger partial charge in [-0.25, -0.2) is 0 Å². The van der Waals surface area contributed by atoms with Crippen molar-refractivity contribution in [2.45, 2.75) is 5.41 Å². The average Bonchev–Trinajstić information content (AvgIpc) is 3.29. The minimum Gasteiger partial charge on any atom is -0.258 e. The molecule has 0 radical (unpaired) electrons. The number of nitro benzene ring substituents is 1. The van der Waals surface area contributed by atoms with Crippen molar-refractivity contribution in [2.24, 2.45) is 10.9 Å². The SMILES string of the molecule is O=[N+]([O-])c1cccc2c1C1=CC(Br)=CC(C(c3ccccc3)(c3ccccc3)c3ccccc3)C1=N2. The van der Waals surface area contributed by atoms with E-state index in [1.54, 1.807) is 12.1 Å². The zero-order valence-corrected chi connectivity index (χ0v) is 20.8. The smallest absolute Gasteiger partial charge is 0.258 e. The van der Waals surface area contributed by atoms with Crippen LogP contribution in [0.2, 0.25) is 0 Å². The minimum atomic E-state index is -0.627. The molecule has 0 amide bonds. The Morgan fingerprint density at radius 2 is 1.28 bits per heavy atom. The Kier molecular flexibility index (Phi) is 5.50. The van der Waals surface area contributed by atoms with E-state index < -0.39 is 5.41 Å². The van der Waals surface area contributed by atoms with E-state index in [1.165, 1.54) is 0 Å². The Balaban J connectivity index is 1.69. The molecular formula is C31H21BrN2O2. The second kappa shape index (κ2) is 8.85. The van der Waals surface area contributed by atoms with Gasteiger partial charge in [0.25, 0.3) is 5.69 Å². The summed E-state index contributed by atoms with van der Waals surface area (Å²) in [6.07, 6.45) is 4.15. The normalized spacial score (nSPS) is 16.4. The summed E-state index contributed by atoms with van der Waals surface area (Å²) in [7, 11) is 0. The first-order valence-electron chi connectivity index (χ1n) is 11.7. The standard InChI is InChI=1S/C31H21BrN2O2/c32-24-19-25-29-27(17-10-18-28(29)34(35)36)33-30(25)26(20-24)31(21-11-4-1-5-12-21,22-13-6-2-7-14-22)23-15-8-3-9-16-23/h1-20,26H. The molecule has 36 heavy (non-hydrogen) atoms. The summed E-state index contributed by atoms with van der Waals surface area (Å²) in [6, 6.07) is 36.5. The third-order valence-corrected chi connectivity index (χ3v) is 7.55. The lowest BCUT2D eigenvalue weighted by Crippen LogP contribution is -2.42. The molecule has 1 aliphatic heterocycles. The molecule has 4 nitrogen and oxygen atoms in total. The molecule has 1 aliphatic carbocycles. The summed E-state index contributed by atoms with van der Waals surface area (Å²) in [6.45, 7) is 0. The summed E-state index contributed by atoms with van der Waals surface area (Å²) >= 11 is 3.75. The molecule has 0 N–H and O–H groups in total. The van der Waals surface area contributed by atoms with Crippen molar-refractivity contribution in [3.05, 3.63) is 158 Å². The molecule has 6 rings (SSSR count).